The number of unbranched alkanes of at least 4 members (excludes halogenated alkanes) is 1. The number of hydrogen-bond acceptors (Lipinski definition) is 8. The van der Waals surface area contributed by atoms with Crippen molar-refractivity contribution < 1.29 is 33.4 Å². The third-order valence-corrected chi connectivity index (χ3v) is 8.30. The van der Waals surface area contributed by atoms with Gasteiger partial charge in [0.05, 0.1) is 23.9 Å². The molecule has 0 bridgehead atoms. The highest BCUT2D eigenvalue weighted by Gasteiger charge is 2.44. The van der Waals surface area contributed by atoms with E-state index in [-0.39, 0.29) is 29.9 Å². The molecule has 2 heterocycles. The van der Waals surface area contributed by atoms with E-state index in [1.165, 1.54) is 0 Å². The second kappa shape index (κ2) is 15.3. The van der Waals surface area contributed by atoms with Crippen LogP contribution in [0.3, 0.4) is 0 Å². The summed E-state index contributed by atoms with van der Waals surface area (Å²) in [7, 11) is 1.60. The smallest absolute Gasteiger partial charge is 0.262 e. The van der Waals surface area contributed by atoms with E-state index in [9.17, 15) is 24.0 Å². The summed E-state index contributed by atoms with van der Waals surface area (Å²) in [6.45, 7) is 1.35. The number of imide groups is 2. The van der Waals surface area contributed by atoms with Gasteiger partial charge in [-0.15, -0.1) is 0 Å². The molecule has 4 aromatic carbocycles. The maximum Gasteiger partial charge on any atom is 0.262 e. The molecule has 0 saturated carbocycles. The van der Waals surface area contributed by atoms with Crippen molar-refractivity contribution in [2.75, 3.05) is 19.0 Å². The molecule has 252 valence electrons. The average Bonchev–Trinajstić information content (AvgIpc) is 3.37. The van der Waals surface area contributed by atoms with Crippen LogP contribution in [0.2, 0.25) is 0 Å². The summed E-state index contributed by atoms with van der Waals surface area (Å²) in [5.41, 5.74) is 3.13. The van der Waals surface area contributed by atoms with Crippen LogP contribution in [-0.4, -0.2) is 54.1 Å². The summed E-state index contributed by atoms with van der Waals surface area (Å²) >= 11 is 0. The van der Waals surface area contributed by atoms with Crippen LogP contribution in [0.1, 0.15) is 67.9 Å². The first-order valence-corrected chi connectivity index (χ1v) is 16.2. The number of piperidine rings is 1. The van der Waals surface area contributed by atoms with Crippen LogP contribution in [0, 0.1) is 11.8 Å². The molecule has 0 aromatic heterocycles. The van der Waals surface area contributed by atoms with E-state index in [1.54, 1.807) is 73.8 Å². The summed E-state index contributed by atoms with van der Waals surface area (Å²) in [4.78, 5) is 63.6. The van der Waals surface area contributed by atoms with Gasteiger partial charge in [0.2, 0.25) is 11.8 Å². The third-order valence-electron chi connectivity index (χ3n) is 8.30. The fourth-order valence-corrected chi connectivity index (χ4v) is 5.65. The van der Waals surface area contributed by atoms with Crippen molar-refractivity contribution in [1.29, 1.82) is 0 Å². The summed E-state index contributed by atoms with van der Waals surface area (Å²) in [6, 6.07) is 25.6. The molecule has 5 amide bonds. The Labute approximate surface area is 289 Å². The number of hydrogen-bond donors (Lipinski definition) is 3. The average molecular weight is 671 g/mol. The number of carbonyl (C=O) groups is 5. The van der Waals surface area contributed by atoms with Gasteiger partial charge in [-0.2, -0.15) is 0 Å². The normalized spacial score (nSPS) is 15.1. The van der Waals surface area contributed by atoms with Gasteiger partial charge < -0.3 is 20.1 Å². The molecule has 2 aliphatic rings. The minimum atomic E-state index is -1.000. The Hall–Kier alpha value is -6.25. The standard InChI is InChI=1S/C39H34N4O7/c1-49-28-15-17-29(18-16-28)50-34-9-5-4-8-32(34)41-36(45)27-13-10-26(11-14-27)24-40-22-6-2-3-7-25-12-19-30-31(23-25)39(48)43(38(30)47)33-20-21-35(44)42-37(33)46/h4-5,8-19,23,33,40H,2,6,20-22,24H2,1H3,(H,41,45)(H,42,44,46). The lowest BCUT2D eigenvalue weighted by molar-refractivity contribution is -0.136. The Morgan fingerprint density at radius 3 is 2.40 bits per heavy atom. The number of rotatable bonds is 11. The molecule has 1 saturated heterocycles. The lowest BCUT2D eigenvalue weighted by Gasteiger charge is -2.27. The molecule has 1 fully saturated rings. The number of carbonyl (C=O) groups excluding carboxylic acids is 5. The van der Waals surface area contributed by atoms with Crippen molar-refractivity contribution in [3.05, 3.63) is 119 Å². The number of anilines is 1. The van der Waals surface area contributed by atoms with Crippen LogP contribution in [0.15, 0.2) is 91.0 Å². The zero-order chi connectivity index (χ0) is 35.0. The first-order valence-electron chi connectivity index (χ1n) is 16.2. The van der Waals surface area contributed by atoms with E-state index in [4.69, 9.17) is 9.47 Å². The fraction of sp³-hybridized carbons (Fsp3) is 0.205. The Kier molecular flexibility index (Phi) is 10.3. The summed E-state index contributed by atoms with van der Waals surface area (Å²) in [6.07, 6.45) is 1.58. The van der Waals surface area contributed by atoms with Gasteiger partial charge in [-0.1, -0.05) is 36.1 Å². The van der Waals surface area contributed by atoms with Crippen LogP contribution in [0.25, 0.3) is 0 Å². The first kappa shape index (κ1) is 33.6. The number of amides is 5. The Morgan fingerprint density at radius 2 is 1.64 bits per heavy atom. The zero-order valence-corrected chi connectivity index (χ0v) is 27.3. The number of para-hydroxylation sites is 2. The molecule has 0 aliphatic carbocycles. The largest absolute Gasteiger partial charge is 0.497 e. The number of benzene rings is 4. The van der Waals surface area contributed by atoms with Gasteiger partial charge in [0, 0.05) is 30.5 Å². The summed E-state index contributed by atoms with van der Waals surface area (Å²) < 4.78 is 11.2. The molecule has 50 heavy (non-hydrogen) atoms. The van der Waals surface area contributed by atoms with E-state index in [0.717, 1.165) is 29.2 Å². The second-order valence-corrected chi connectivity index (χ2v) is 11.7. The SMILES string of the molecule is COc1ccc(Oc2ccccc2NC(=O)c2ccc(CNCCCC#Cc3ccc4c(c3)C(=O)N(C3CCC(=O)NC3=O)C4=O)cc2)cc1. The monoisotopic (exact) mass is 670 g/mol. The predicted molar refractivity (Wildman–Crippen MR) is 185 cm³/mol. The highest BCUT2D eigenvalue weighted by atomic mass is 16.5. The second-order valence-electron chi connectivity index (χ2n) is 11.7. The van der Waals surface area contributed by atoms with Gasteiger partial charge in [0.15, 0.2) is 5.75 Å². The van der Waals surface area contributed by atoms with E-state index >= 15 is 0 Å². The quantitative estimate of drug-likeness (QED) is 0.114. The zero-order valence-electron chi connectivity index (χ0n) is 27.3. The minimum Gasteiger partial charge on any atom is -0.497 e. The number of ether oxygens (including phenoxy) is 2. The van der Waals surface area contributed by atoms with E-state index < -0.39 is 29.7 Å². The highest BCUT2D eigenvalue weighted by molar-refractivity contribution is 6.23. The molecular formula is C39H34N4O7. The molecule has 11 heteroatoms. The molecule has 0 spiro atoms. The van der Waals surface area contributed by atoms with E-state index in [0.29, 0.717) is 41.3 Å². The van der Waals surface area contributed by atoms with Crippen molar-refractivity contribution in [3.63, 3.8) is 0 Å². The maximum atomic E-state index is 13.0. The minimum absolute atomic E-state index is 0.0699. The Bertz CT molecular complexity index is 2010. The Balaban J connectivity index is 0.944. The molecule has 1 atom stereocenters. The van der Waals surface area contributed by atoms with Crippen LogP contribution < -0.4 is 25.4 Å². The molecule has 4 aromatic rings. The number of methoxy groups -OCH3 is 1. The predicted octanol–water partition coefficient (Wildman–Crippen LogP) is 5.06. The van der Waals surface area contributed by atoms with Crippen molar-refractivity contribution in [3.8, 4) is 29.1 Å². The Morgan fingerprint density at radius 1 is 0.900 bits per heavy atom. The first-order chi connectivity index (χ1) is 24.3. The lowest BCUT2D eigenvalue weighted by atomic mass is 10.0. The maximum absolute atomic E-state index is 13.0. The van der Waals surface area contributed by atoms with Gasteiger partial charge in [0.1, 0.15) is 17.5 Å². The van der Waals surface area contributed by atoms with Crippen LogP contribution in [0.5, 0.6) is 17.2 Å². The number of nitrogens with zero attached hydrogens (tertiary/aromatic N) is 1. The van der Waals surface area contributed by atoms with Crippen molar-refractivity contribution >= 4 is 35.2 Å². The van der Waals surface area contributed by atoms with Crippen molar-refractivity contribution in [1.82, 2.24) is 15.5 Å². The van der Waals surface area contributed by atoms with Gasteiger partial charge >= 0.3 is 0 Å². The molecule has 2 aliphatic heterocycles. The summed E-state index contributed by atoms with van der Waals surface area (Å²) in [5, 5.41) is 8.51. The highest BCUT2D eigenvalue weighted by Crippen LogP contribution is 2.31. The van der Waals surface area contributed by atoms with Crippen LogP contribution >= 0.6 is 0 Å². The van der Waals surface area contributed by atoms with Crippen LogP contribution in [-0.2, 0) is 16.1 Å². The number of fused-ring (bicyclic) bond motifs is 1. The van der Waals surface area contributed by atoms with Gasteiger partial charge in [-0.25, -0.2) is 0 Å². The molecule has 3 N–H and O–H groups in total. The van der Waals surface area contributed by atoms with Crippen molar-refractivity contribution in [2.24, 2.45) is 0 Å². The topological polar surface area (TPSA) is 143 Å². The third kappa shape index (κ3) is 7.72. The fourth-order valence-electron chi connectivity index (χ4n) is 5.65. The molecule has 1 unspecified atom stereocenters. The summed E-state index contributed by atoms with van der Waals surface area (Å²) in [5.74, 6) is 5.62. The van der Waals surface area contributed by atoms with Gasteiger partial charge in [0.25, 0.3) is 17.7 Å². The van der Waals surface area contributed by atoms with Gasteiger partial charge in [-0.05, 0) is 91.7 Å². The molecule has 6 rings (SSSR count). The molecule has 11 nitrogen and oxygen atoms in total. The van der Waals surface area contributed by atoms with Gasteiger partial charge in [-0.3, -0.25) is 34.2 Å². The molecular weight excluding hydrogens is 636 g/mol. The van der Waals surface area contributed by atoms with Crippen LogP contribution in [0.4, 0.5) is 5.69 Å². The van der Waals surface area contributed by atoms with E-state index in [1.807, 2.05) is 24.3 Å². The lowest BCUT2D eigenvalue weighted by Crippen LogP contribution is -2.54. The van der Waals surface area contributed by atoms with E-state index in [2.05, 4.69) is 27.8 Å². The number of nitrogens with one attached hydrogen (secondary N) is 3. The van der Waals surface area contributed by atoms with Crippen molar-refractivity contribution in [2.45, 2.75) is 38.3 Å². The molecule has 0 radical (unpaired) electrons.